The van der Waals surface area contributed by atoms with Gasteiger partial charge in [-0.3, -0.25) is 14.9 Å². The molecule has 8 nitrogen and oxygen atoms in total. The zero-order chi connectivity index (χ0) is 23.2. The molecule has 1 aliphatic heterocycles. The lowest BCUT2D eigenvalue weighted by molar-refractivity contribution is -0.125. The summed E-state index contributed by atoms with van der Waals surface area (Å²) in [4.78, 5) is 39.3. The van der Waals surface area contributed by atoms with Crippen LogP contribution in [-0.4, -0.2) is 37.6 Å². The molecule has 3 N–H and O–H groups in total. The van der Waals surface area contributed by atoms with E-state index in [1.165, 1.54) is 11.3 Å². The Bertz CT molecular complexity index is 1140. The Morgan fingerprint density at radius 2 is 1.76 bits per heavy atom. The molecule has 3 aromatic rings. The van der Waals surface area contributed by atoms with E-state index >= 15 is 0 Å². The fourth-order valence-corrected chi connectivity index (χ4v) is 4.27. The number of carbonyl (C=O) groups excluding carboxylic acids is 3. The summed E-state index contributed by atoms with van der Waals surface area (Å²) in [5, 5.41) is 8.80. The summed E-state index contributed by atoms with van der Waals surface area (Å²) in [6.07, 6.45) is 0. The fourth-order valence-electron chi connectivity index (χ4n) is 3.34. The van der Waals surface area contributed by atoms with Gasteiger partial charge in [0.15, 0.2) is 0 Å². The van der Waals surface area contributed by atoms with Gasteiger partial charge in [0.25, 0.3) is 11.8 Å². The number of hydrogen-bond donors (Lipinski definition) is 3. The number of halogens is 1. The zero-order valence-electron chi connectivity index (χ0n) is 17.4. The number of benzene rings is 2. The molecule has 0 aliphatic carbocycles. The van der Waals surface area contributed by atoms with Crippen LogP contribution < -0.4 is 20.9 Å². The molecule has 1 aliphatic rings. The van der Waals surface area contributed by atoms with E-state index in [1.807, 2.05) is 6.07 Å². The zero-order valence-corrected chi connectivity index (χ0v) is 19.0. The highest BCUT2D eigenvalue weighted by Gasteiger charge is 2.24. The molecular weight excluding hydrogens is 464 g/mol. The minimum atomic E-state index is -0.929. The highest BCUT2D eigenvalue weighted by atomic mass is 35.5. The lowest BCUT2D eigenvalue weighted by Gasteiger charge is -2.27. The molecule has 4 rings (SSSR count). The van der Waals surface area contributed by atoms with Crippen molar-refractivity contribution in [3.8, 4) is 0 Å². The van der Waals surface area contributed by atoms with Gasteiger partial charge in [0.05, 0.1) is 15.9 Å². The first-order chi connectivity index (χ1) is 16.0. The molecule has 4 amide bonds. The van der Waals surface area contributed by atoms with E-state index in [1.54, 1.807) is 65.6 Å². The molecule has 33 heavy (non-hydrogen) atoms. The maximum atomic E-state index is 13.1. The van der Waals surface area contributed by atoms with Crippen molar-refractivity contribution in [2.24, 2.45) is 0 Å². The molecule has 170 valence electrons. The number of anilines is 3. The van der Waals surface area contributed by atoms with E-state index in [2.05, 4.69) is 16.0 Å². The number of carbonyl (C=O) groups is 3. The van der Waals surface area contributed by atoms with Gasteiger partial charge in [0.1, 0.15) is 12.6 Å². The van der Waals surface area contributed by atoms with Gasteiger partial charge in [-0.25, -0.2) is 4.79 Å². The Labute approximate surface area is 199 Å². The van der Waals surface area contributed by atoms with Gasteiger partial charge in [0, 0.05) is 17.9 Å². The first-order valence-corrected chi connectivity index (χ1v) is 11.4. The van der Waals surface area contributed by atoms with Gasteiger partial charge >= 0.3 is 6.03 Å². The summed E-state index contributed by atoms with van der Waals surface area (Å²) < 4.78 is 5.70. The molecule has 1 saturated heterocycles. The second-order valence-electron chi connectivity index (χ2n) is 7.18. The molecule has 1 unspecified atom stereocenters. The molecule has 0 spiro atoms. The topological polar surface area (TPSA) is 99.8 Å². The van der Waals surface area contributed by atoms with Gasteiger partial charge in [-0.05, 0) is 42.0 Å². The Hall–Kier alpha value is -3.40. The maximum Gasteiger partial charge on any atom is 0.320 e. The van der Waals surface area contributed by atoms with Crippen LogP contribution in [0.1, 0.15) is 11.6 Å². The van der Waals surface area contributed by atoms with Crippen molar-refractivity contribution in [2.45, 2.75) is 6.04 Å². The molecule has 10 heteroatoms. The van der Waals surface area contributed by atoms with Crippen molar-refractivity contribution in [3.63, 3.8) is 0 Å². The number of nitrogens with one attached hydrogen (secondary N) is 3. The van der Waals surface area contributed by atoms with Crippen LogP contribution in [0.25, 0.3) is 0 Å². The van der Waals surface area contributed by atoms with Crippen LogP contribution in [0.5, 0.6) is 0 Å². The molecule has 1 aromatic heterocycles. The number of thiophene rings is 1. The third kappa shape index (κ3) is 5.89. The number of ether oxygens (including phenoxy) is 1. The van der Waals surface area contributed by atoms with Crippen molar-refractivity contribution < 1.29 is 19.1 Å². The van der Waals surface area contributed by atoms with Crippen LogP contribution >= 0.6 is 22.9 Å². The van der Waals surface area contributed by atoms with Crippen molar-refractivity contribution in [1.82, 2.24) is 5.32 Å². The predicted octanol–water partition coefficient (Wildman–Crippen LogP) is 4.27. The number of rotatable bonds is 6. The highest BCUT2D eigenvalue weighted by Crippen LogP contribution is 2.26. The van der Waals surface area contributed by atoms with Gasteiger partial charge in [-0.15, -0.1) is 11.3 Å². The number of hydrogen-bond acceptors (Lipinski definition) is 5. The van der Waals surface area contributed by atoms with Crippen LogP contribution in [0.4, 0.5) is 21.2 Å². The highest BCUT2D eigenvalue weighted by molar-refractivity contribution is 7.20. The lowest BCUT2D eigenvalue weighted by Crippen LogP contribution is -2.41. The first kappa shape index (κ1) is 22.8. The monoisotopic (exact) mass is 484 g/mol. The van der Waals surface area contributed by atoms with E-state index in [-0.39, 0.29) is 12.5 Å². The van der Waals surface area contributed by atoms with Gasteiger partial charge in [-0.1, -0.05) is 41.9 Å². The molecule has 1 fully saturated rings. The third-order valence-corrected chi connectivity index (χ3v) is 6.06. The van der Waals surface area contributed by atoms with Crippen LogP contribution in [0, 0.1) is 0 Å². The molecule has 2 aromatic carbocycles. The van der Waals surface area contributed by atoms with Gasteiger partial charge in [0.2, 0.25) is 0 Å². The Morgan fingerprint density at radius 1 is 1.00 bits per heavy atom. The molecule has 0 saturated carbocycles. The smallest absolute Gasteiger partial charge is 0.320 e. The van der Waals surface area contributed by atoms with Crippen molar-refractivity contribution in [1.29, 1.82) is 0 Å². The quantitative estimate of drug-likeness (QED) is 0.486. The summed E-state index contributed by atoms with van der Waals surface area (Å²) in [5.41, 5.74) is 1.90. The normalized spacial score (nSPS) is 14.5. The summed E-state index contributed by atoms with van der Waals surface area (Å²) in [5.74, 6) is -0.514. The number of urea groups is 1. The fraction of sp³-hybridized carbons (Fsp3) is 0.174. The second kappa shape index (κ2) is 10.5. The summed E-state index contributed by atoms with van der Waals surface area (Å²) >= 11 is 7.13. The van der Waals surface area contributed by atoms with E-state index in [0.717, 1.165) is 5.69 Å². The van der Waals surface area contributed by atoms with Crippen molar-refractivity contribution in [2.75, 3.05) is 35.3 Å². The number of nitrogens with zero attached hydrogens (tertiary/aromatic N) is 1. The largest absolute Gasteiger partial charge is 0.370 e. The summed E-state index contributed by atoms with van der Waals surface area (Å²) in [7, 11) is 0. The van der Waals surface area contributed by atoms with Crippen molar-refractivity contribution >= 4 is 57.2 Å². The number of amides is 4. The minimum Gasteiger partial charge on any atom is -0.370 e. The predicted molar refractivity (Wildman–Crippen MR) is 129 cm³/mol. The standard InChI is InChI=1S/C23H21ClN4O4S/c24-18-10-11-19(33-18)26-23(31)27-21(15-4-2-1-3-5-15)22(30)25-16-6-8-17(9-7-16)28-12-13-32-14-20(28)29/h1-11,21H,12-14H2,(H,25,30)(H2,26,27,31). The van der Waals surface area contributed by atoms with Crippen LogP contribution in [0.3, 0.4) is 0 Å². The van der Waals surface area contributed by atoms with E-state index < -0.39 is 18.0 Å². The Morgan fingerprint density at radius 3 is 2.42 bits per heavy atom. The molecule has 1 atom stereocenters. The molecular formula is C23H21ClN4O4S. The average Bonchev–Trinajstić information content (AvgIpc) is 3.23. The summed E-state index contributed by atoms with van der Waals surface area (Å²) in [6, 6.07) is 17.8. The molecule has 0 bridgehead atoms. The van der Waals surface area contributed by atoms with Crippen molar-refractivity contribution in [3.05, 3.63) is 76.6 Å². The summed E-state index contributed by atoms with van der Waals surface area (Å²) in [6.45, 7) is 1.02. The SMILES string of the molecule is O=C(Nc1ccc(Cl)s1)NC(C(=O)Nc1ccc(N2CCOCC2=O)cc1)c1ccccc1. The van der Waals surface area contributed by atoms with E-state index in [0.29, 0.717) is 33.7 Å². The van der Waals surface area contributed by atoms with Gasteiger partial charge < -0.3 is 20.3 Å². The molecule has 2 heterocycles. The number of morpholine rings is 1. The van der Waals surface area contributed by atoms with E-state index in [4.69, 9.17) is 16.3 Å². The van der Waals surface area contributed by atoms with Crippen LogP contribution in [-0.2, 0) is 14.3 Å². The third-order valence-electron chi connectivity index (χ3n) is 4.91. The van der Waals surface area contributed by atoms with Crippen LogP contribution in [0.2, 0.25) is 4.34 Å². The maximum absolute atomic E-state index is 13.1. The first-order valence-electron chi connectivity index (χ1n) is 10.2. The minimum absolute atomic E-state index is 0.0582. The Balaban J connectivity index is 1.46. The van der Waals surface area contributed by atoms with E-state index in [9.17, 15) is 14.4 Å². The average molecular weight is 485 g/mol. The lowest BCUT2D eigenvalue weighted by atomic mass is 10.1. The van der Waals surface area contributed by atoms with Gasteiger partial charge in [-0.2, -0.15) is 0 Å². The van der Waals surface area contributed by atoms with Crippen LogP contribution in [0.15, 0.2) is 66.7 Å². The second-order valence-corrected chi connectivity index (χ2v) is 8.90. The molecule has 0 radical (unpaired) electrons. The Kier molecular flexibility index (Phi) is 7.23.